The number of hydrogen-bond donors (Lipinski definition) is 0. The van der Waals surface area contributed by atoms with Gasteiger partial charge in [-0.05, 0) is 53.2 Å². The molecule has 5 aromatic rings. The molecule has 0 unspecified atom stereocenters. The molecule has 5 aromatic carbocycles. The van der Waals surface area contributed by atoms with Gasteiger partial charge in [-0.1, -0.05) is 158 Å². The van der Waals surface area contributed by atoms with E-state index in [0.29, 0.717) is 6.42 Å². The highest BCUT2D eigenvalue weighted by atomic mass is 31.1. The van der Waals surface area contributed by atoms with Gasteiger partial charge in [-0.3, -0.25) is 0 Å². The molecular weight excluding hydrogens is 550 g/mol. The maximum atomic E-state index is 6.38. The van der Waals surface area contributed by atoms with E-state index in [4.69, 9.17) is 9.47 Å². The van der Waals surface area contributed by atoms with Crippen LogP contribution in [0.3, 0.4) is 0 Å². The van der Waals surface area contributed by atoms with Gasteiger partial charge in [0.05, 0.1) is 0 Å². The minimum atomic E-state index is -0.918. The summed E-state index contributed by atoms with van der Waals surface area (Å²) in [6, 6.07) is 52.4. The van der Waals surface area contributed by atoms with E-state index in [1.54, 1.807) is 14.2 Å². The Bertz CT molecular complexity index is 1580. The summed E-state index contributed by atoms with van der Waals surface area (Å²) >= 11 is 0. The summed E-state index contributed by atoms with van der Waals surface area (Å²) in [5.74, 6) is -0.918. The molecule has 0 spiro atoms. The van der Waals surface area contributed by atoms with Gasteiger partial charge in [-0.15, -0.1) is 0 Å². The maximum Gasteiger partial charge on any atom is 0.199 e. The maximum absolute atomic E-state index is 6.38. The van der Waals surface area contributed by atoms with Gasteiger partial charge < -0.3 is 9.47 Å². The van der Waals surface area contributed by atoms with E-state index in [9.17, 15) is 0 Å². The van der Waals surface area contributed by atoms with E-state index < -0.39 is 21.6 Å². The van der Waals surface area contributed by atoms with Crippen LogP contribution in [0.1, 0.15) is 12.0 Å². The number of hydrogen-bond acceptors (Lipinski definition) is 2. The van der Waals surface area contributed by atoms with Crippen molar-refractivity contribution in [3.05, 3.63) is 169 Å². The highest BCUT2D eigenvalue weighted by molar-refractivity contribution is 7.80. The molecule has 1 aliphatic rings. The predicted molar refractivity (Wildman–Crippen MR) is 182 cm³/mol. The van der Waals surface area contributed by atoms with Crippen molar-refractivity contribution in [3.63, 3.8) is 0 Å². The van der Waals surface area contributed by atoms with Crippen molar-refractivity contribution in [1.29, 1.82) is 0 Å². The molecule has 0 aromatic heterocycles. The Hall–Kier alpha value is -3.64. The molecule has 0 atom stereocenters. The Morgan fingerprint density at radius 1 is 0.500 bits per heavy atom. The van der Waals surface area contributed by atoms with E-state index in [1.807, 2.05) is 0 Å². The third-order valence-electron chi connectivity index (χ3n) is 7.67. The number of benzene rings is 5. The molecule has 0 N–H and O–H groups in total. The Morgan fingerprint density at radius 2 is 0.905 bits per heavy atom. The third kappa shape index (κ3) is 5.57. The Morgan fingerprint density at radius 3 is 1.36 bits per heavy atom. The van der Waals surface area contributed by atoms with Crippen LogP contribution in [0.25, 0.3) is 5.57 Å². The lowest BCUT2D eigenvalue weighted by atomic mass is 9.90. The minimum Gasteiger partial charge on any atom is -0.349 e. The first-order valence-electron chi connectivity index (χ1n) is 14.2. The lowest BCUT2D eigenvalue weighted by Gasteiger charge is -2.39. The van der Waals surface area contributed by atoms with Gasteiger partial charge in [0.2, 0.25) is 0 Å². The quantitative estimate of drug-likeness (QED) is 0.134. The third-order valence-corrected chi connectivity index (χ3v) is 12.7. The molecule has 42 heavy (non-hydrogen) atoms. The van der Waals surface area contributed by atoms with Crippen LogP contribution < -0.4 is 26.5 Å². The second-order valence-electron chi connectivity index (χ2n) is 10.1. The van der Waals surface area contributed by atoms with Crippen molar-refractivity contribution in [2.45, 2.75) is 12.2 Å². The van der Waals surface area contributed by atoms with E-state index in [2.05, 4.69) is 158 Å². The molecule has 0 fully saturated rings. The van der Waals surface area contributed by atoms with Crippen molar-refractivity contribution in [2.24, 2.45) is 0 Å². The molecular formula is C38H34O2P2. The first-order chi connectivity index (χ1) is 20.8. The number of allylic oxidation sites excluding steroid dienone is 2. The second kappa shape index (κ2) is 13.1. The Kier molecular flexibility index (Phi) is 8.90. The minimum absolute atomic E-state index is 0.633. The summed E-state index contributed by atoms with van der Waals surface area (Å²) in [5.41, 5.74) is 2.29. The van der Waals surface area contributed by atoms with Crippen molar-refractivity contribution in [3.8, 4) is 0 Å². The van der Waals surface area contributed by atoms with Crippen LogP contribution in [0.4, 0.5) is 0 Å². The smallest absolute Gasteiger partial charge is 0.199 e. The average molecular weight is 585 g/mol. The fourth-order valence-corrected chi connectivity index (χ4v) is 10.8. The molecule has 0 bridgehead atoms. The van der Waals surface area contributed by atoms with Gasteiger partial charge in [0.15, 0.2) is 5.79 Å². The first-order valence-corrected chi connectivity index (χ1v) is 16.9. The summed E-state index contributed by atoms with van der Waals surface area (Å²) in [7, 11) is 1.79. The lowest BCUT2D eigenvalue weighted by molar-refractivity contribution is -0.159. The van der Waals surface area contributed by atoms with Gasteiger partial charge in [0.1, 0.15) is 0 Å². The monoisotopic (exact) mass is 584 g/mol. The standard InChI is InChI=1S/C38H34O2P2/c1-39-38(40-2)29-17-28-36(42(32-22-11-5-12-23-32)33-24-13-6-14-25-33)37(38)34-26-15-16-27-35(34)41(30-18-7-3-8-19-30)31-20-9-4-10-21-31/h3-28H,29H2,1-2H3. The zero-order valence-corrected chi connectivity index (χ0v) is 25.7. The van der Waals surface area contributed by atoms with Gasteiger partial charge in [-0.2, -0.15) is 0 Å². The number of rotatable bonds is 9. The summed E-state index contributed by atoms with van der Waals surface area (Å²) in [5, 5.41) is 7.76. The summed E-state index contributed by atoms with van der Waals surface area (Å²) in [6.07, 6.45) is 5.17. The van der Waals surface area contributed by atoms with Gasteiger partial charge in [0, 0.05) is 26.2 Å². The molecule has 0 radical (unpaired) electrons. The Balaban J connectivity index is 1.68. The largest absolute Gasteiger partial charge is 0.349 e. The molecule has 6 rings (SSSR count). The van der Waals surface area contributed by atoms with E-state index >= 15 is 0 Å². The first kappa shape index (κ1) is 28.5. The number of ether oxygens (including phenoxy) is 2. The van der Waals surface area contributed by atoms with Crippen molar-refractivity contribution in [1.82, 2.24) is 0 Å². The molecule has 0 aliphatic heterocycles. The highest BCUT2D eigenvalue weighted by Gasteiger charge is 2.42. The zero-order chi connectivity index (χ0) is 28.8. The number of methoxy groups -OCH3 is 2. The molecule has 4 heteroatoms. The molecule has 1 aliphatic carbocycles. The van der Waals surface area contributed by atoms with E-state index in [1.165, 1.54) is 37.4 Å². The van der Waals surface area contributed by atoms with Crippen LogP contribution in [0.2, 0.25) is 0 Å². The van der Waals surface area contributed by atoms with Crippen molar-refractivity contribution < 1.29 is 9.47 Å². The normalized spacial score (nSPS) is 14.5. The summed E-state index contributed by atoms with van der Waals surface area (Å²) < 4.78 is 12.8. The lowest BCUT2D eigenvalue weighted by Crippen LogP contribution is -2.39. The average Bonchev–Trinajstić information content (AvgIpc) is 3.07. The van der Waals surface area contributed by atoms with E-state index in [0.717, 1.165) is 5.57 Å². The van der Waals surface area contributed by atoms with Gasteiger partial charge in [0.25, 0.3) is 0 Å². The van der Waals surface area contributed by atoms with Crippen LogP contribution >= 0.6 is 15.8 Å². The predicted octanol–water partition coefficient (Wildman–Crippen LogP) is 7.24. The Labute approximate surface area is 251 Å². The van der Waals surface area contributed by atoms with Crippen molar-refractivity contribution >= 4 is 47.9 Å². The molecule has 0 saturated heterocycles. The molecule has 0 amide bonds. The molecule has 0 saturated carbocycles. The summed E-state index contributed by atoms with van der Waals surface area (Å²) in [4.78, 5) is 0. The van der Waals surface area contributed by atoms with Crippen molar-refractivity contribution in [2.75, 3.05) is 14.2 Å². The van der Waals surface area contributed by atoms with Crippen LogP contribution in [0.15, 0.2) is 163 Å². The fraction of sp³-hybridized carbons (Fsp3) is 0.105. The zero-order valence-electron chi connectivity index (χ0n) is 23.9. The van der Waals surface area contributed by atoms with Gasteiger partial charge >= 0.3 is 0 Å². The van der Waals surface area contributed by atoms with Crippen LogP contribution in [0.5, 0.6) is 0 Å². The fourth-order valence-electron chi connectivity index (χ4n) is 5.73. The molecule has 208 valence electrons. The van der Waals surface area contributed by atoms with Crippen LogP contribution in [-0.2, 0) is 9.47 Å². The van der Waals surface area contributed by atoms with Gasteiger partial charge in [-0.25, -0.2) is 0 Å². The highest BCUT2D eigenvalue weighted by Crippen LogP contribution is 2.54. The molecule has 0 heterocycles. The van der Waals surface area contributed by atoms with E-state index in [-0.39, 0.29) is 0 Å². The second-order valence-corrected chi connectivity index (χ2v) is 14.4. The topological polar surface area (TPSA) is 18.5 Å². The molecule has 2 nitrogen and oxygen atoms in total. The summed E-state index contributed by atoms with van der Waals surface area (Å²) in [6.45, 7) is 0. The SMILES string of the molecule is COC1(OC)CC=CC(P(c2ccccc2)c2ccccc2)=C1c1ccccc1P(c1ccccc1)c1ccccc1. The van der Waals surface area contributed by atoms with Crippen LogP contribution in [0, 0.1) is 0 Å². The van der Waals surface area contributed by atoms with Crippen LogP contribution in [-0.4, -0.2) is 20.0 Å².